The van der Waals surface area contributed by atoms with Crippen LogP contribution in [0.25, 0.3) is 0 Å². The van der Waals surface area contributed by atoms with Gasteiger partial charge in [0, 0.05) is 28.5 Å². The fourth-order valence-electron chi connectivity index (χ4n) is 2.33. The maximum atomic E-state index is 14.0. The summed E-state index contributed by atoms with van der Waals surface area (Å²) in [6.45, 7) is 6.66. The van der Waals surface area contributed by atoms with Gasteiger partial charge < -0.3 is 5.11 Å². The number of hydrogen-bond acceptors (Lipinski definition) is 2. The molecule has 1 N–H and O–H groups in total. The monoisotopic (exact) mass is 345 g/mol. The molecule has 1 atom stereocenters. The van der Waals surface area contributed by atoms with Gasteiger partial charge in [-0.1, -0.05) is 22.0 Å². The first-order valence-corrected chi connectivity index (χ1v) is 7.54. The highest BCUT2D eigenvalue weighted by Crippen LogP contribution is 2.27. The molecule has 1 unspecified atom stereocenters. The first kappa shape index (κ1) is 17.1. The van der Waals surface area contributed by atoms with E-state index in [-0.39, 0.29) is 24.3 Å². The molecule has 0 amide bonds. The van der Waals surface area contributed by atoms with Gasteiger partial charge >= 0.3 is 5.97 Å². The van der Waals surface area contributed by atoms with Gasteiger partial charge in [-0.3, -0.25) is 9.69 Å². The minimum absolute atomic E-state index is 0.0862. The number of hydrogen-bond donors (Lipinski definition) is 1. The van der Waals surface area contributed by atoms with Crippen LogP contribution in [0.2, 0.25) is 0 Å². The Bertz CT molecular complexity index is 465. The standard InChI is InChI=1S/C15H21BrFNO2/c1-10(2)18(8-4-5-15(19)20)11(3)13-7-6-12(16)9-14(13)17/h6-7,9-11H,4-5,8H2,1-3H3,(H,19,20). The molecule has 0 saturated heterocycles. The van der Waals surface area contributed by atoms with Gasteiger partial charge in [0.2, 0.25) is 0 Å². The predicted octanol–water partition coefficient (Wildman–Crippen LogP) is 4.22. The molecule has 112 valence electrons. The Labute approximate surface area is 127 Å². The third-order valence-electron chi connectivity index (χ3n) is 3.38. The van der Waals surface area contributed by atoms with Crippen LogP contribution in [0.5, 0.6) is 0 Å². The van der Waals surface area contributed by atoms with E-state index in [0.29, 0.717) is 23.0 Å². The quantitative estimate of drug-likeness (QED) is 0.803. The van der Waals surface area contributed by atoms with E-state index in [2.05, 4.69) is 20.8 Å². The highest BCUT2D eigenvalue weighted by Gasteiger charge is 2.21. The first-order chi connectivity index (χ1) is 9.32. The van der Waals surface area contributed by atoms with Crippen molar-refractivity contribution in [2.24, 2.45) is 0 Å². The molecule has 3 nitrogen and oxygen atoms in total. The number of aliphatic carboxylic acids is 1. The lowest BCUT2D eigenvalue weighted by atomic mass is 10.0. The fraction of sp³-hybridized carbons (Fsp3) is 0.533. The summed E-state index contributed by atoms with van der Waals surface area (Å²) in [7, 11) is 0. The third-order valence-corrected chi connectivity index (χ3v) is 3.87. The van der Waals surface area contributed by atoms with Crippen LogP contribution >= 0.6 is 15.9 Å². The minimum Gasteiger partial charge on any atom is -0.481 e. The van der Waals surface area contributed by atoms with Crippen molar-refractivity contribution in [1.29, 1.82) is 0 Å². The third kappa shape index (κ3) is 4.87. The Morgan fingerprint density at radius 1 is 1.40 bits per heavy atom. The van der Waals surface area contributed by atoms with Gasteiger partial charge in [0.15, 0.2) is 0 Å². The molecule has 0 saturated carbocycles. The van der Waals surface area contributed by atoms with Crippen LogP contribution in [-0.4, -0.2) is 28.6 Å². The maximum Gasteiger partial charge on any atom is 0.303 e. The summed E-state index contributed by atoms with van der Waals surface area (Å²) in [6.07, 6.45) is 0.703. The number of halogens is 2. The Morgan fingerprint density at radius 3 is 2.55 bits per heavy atom. The Balaban J connectivity index is 2.82. The summed E-state index contributed by atoms with van der Waals surface area (Å²) in [5.41, 5.74) is 0.636. The Hall–Kier alpha value is -0.940. The molecule has 0 radical (unpaired) electrons. The number of benzene rings is 1. The summed E-state index contributed by atoms with van der Waals surface area (Å²) < 4.78 is 14.7. The van der Waals surface area contributed by atoms with Crippen molar-refractivity contribution in [2.45, 2.75) is 45.7 Å². The van der Waals surface area contributed by atoms with Crippen LogP contribution < -0.4 is 0 Å². The fourth-order valence-corrected chi connectivity index (χ4v) is 2.66. The molecule has 20 heavy (non-hydrogen) atoms. The van der Waals surface area contributed by atoms with Gasteiger partial charge in [0.25, 0.3) is 0 Å². The molecule has 0 aromatic heterocycles. The smallest absolute Gasteiger partial charge is 0.303 e. The van der Waals surface area contributed by atoms with Gasteiger partial charge in [-0.15, -0.1) is 0 Å². The van der Waals surface area contributed by atoms with Crippen molar-refractivity contribution in [3.8, 4) is 0 Å². The number of carbonyl (C=O) groups is 1. The number of nitrogens with zero attached hydrogens (tertiary/aromatic N) is 1. The molecule has 1 rings (SSSR count). The van der Waals surface area contributed by atoms with Crippen LogP contribution in [0.4, 0.5) is 4.39 Å². The highest BCUT2D eigenvalue weighted by molar-refractivity contribution is 9.10. The molecule has 0 bridgehead atoms. The molecule has 0 heterocycles. The second kappa shape index (κ2) is 7.74. The zero-order valence-electron chi connectivity index (χ0n) is 12.1. The van der Waals surface area contributed by atoms with E-state index in [1.807, 2.05) is 26.8 Å². The lowest BCUT2D eigenvalue weighted by Gasteiger charge is -2.33. The molecule has 1 aromatic carbocycles. The zero-order valence-corrected chi connectivity index (χ0v) is 13.7. The summed E-state index contributed by atoms with van der Waals surface area (Å²) >= 11 is 3.25. The van der Waals surface area contributed by atoms with Crippen molar-refractivity contribution in [2.75, 3.05) is 6.54 Å². The van der Waals surface area contributed by atoms with Crippen molar-refractivity contribution in [1.82, 2.24) is 4.90 Å². The van der Waals surface area contributed by atoms with Crippen LogP contribution in [-0.2, 0) is 4.79 Å². The Morgan fingerprint density at radius 2 is 2.05 bits per heavy atom. The molecule has 0 fully saturated rings. The summed E-state index contributed by atoms with van der Waals surface area (Å²) in [5, 5.41) is 8.71. The molecule has 0 aliphatic carbocycles. The zero-order chi connectivity index (χ0) is 15.3. The number of rotatable bonds is 7. The van der Waals surface area contributed by atoms with Crippen LogP contribution in [0, 0.1) is 5.82 Å². The van der Waals surface area contributed by atoms with E-state index in [9.17, 15) is 9.18 Å². The molecule has 1 aromatic rings. The van der Waals surface area contributed by atoms with E-state index in [4.69, 9.17) is 5.11 Å². The van der Waals surface area contributed by atoms with Crippen LogP contribution in [0.1, 0.15) is 45.2 Å². The van der Waals surface area contributed by atoms with Crippen molar-refractivity contribution < 1.29 is 14.3 Å². The van der Waals surface area contributed by atoms with Gasteiger partial charge in [-0.25, -0.2) is 4.39 Å². The van der Waals surface area contributed by atoms with E-state index in [1.165, 1.54) is 6.07 Å². The van der Waals surface area contributed by atoms with Gasteiger partial charge in [0.05, 0.1) is 0 Å². The van der Waals surface area contributed by atoms with Gasteiger partial charge in [0.1, 0.15) is 5.82 Å². The van der Waals surface area contributed by atoms with E-state index < -0.39 is 5.97 Å². The second-order valence-corrected chi connectivity index (χ2v) is 6.09. The molecular weight excluding hydrogens is 325 g/mol. The minimum atomic E-state index is -0.795. The molecule has 0 spiro atoms. The lowest BCUT2D eigenvalue weighted by molar-refractivity contribution is -0.137. The summed E-state index contributed by atoms with van der Waals surface area (Å²) in [4.78, 5) is 12.7. The molecular formula is C15H21BrFNO2. The maximum absolute atomic E-state index is 14.0. The highest BCUT2D eigenvalue weighted by atomic mass is 79.9. The van der Waals surface area contributed by atoms with E-state index in [0.717, 1.165) is 0 Å². The van der Waals surface area contributed by atoms with Crippen molar-refractivity contribution >= 4 is 21.9 Å². The average Bonchev–Trinajstić information content (AvgIpc) is 2.33. The predicted molar refractivity (Wildman–Crippen MR) is 81.2 cm³/mol. The largest absolute Gasteiger partial charge is 0.481 e. The number of carboxylic acid groups (broad SMARTS) is 1. The second-order valence-electron chi connectivity index (χ2n) is 5.17. The number of carboxylic acids is 1. The van der Waals surface area contributed by atoms with Crippen LogP contribution in [0.15, 0.2) is 22.7 Å². The normalized spacial score (nSPS) is 12.9. The van der Waals surface area contributed by atoms with Gasteiger partial charge in [-0.05, 0) is 45.9 Å². The van der Waals surface area contributed by atoms with E-state index >= 15 is 0 Å². The SMILES string of the molecule is CC(C)N(CCCC(=O)O)C(C)c1ccc(Br)cc1F. The topological polar surface area (TPSA) is 40.5 Å². The molecule has 0 aliphatic heterocycles. The first-order valence-electron chi connectivity index (χ1n) is 6.75. The summed E-state index contributed by atoms with van der Waals surface area (Å²) in [5.74, 6) is -1.04. The van der Waals surface area contributed by atoms with Crippen molar-refractivity contribution in [3.05, 3.63) is 34.1 Å². The van der Waals surface area contributed by atoms with Crippen LogP contribution in [0.3, 0.4) is 0 Å². The molecule has 0 aliphatic rings. The summed E-state index contributed by atoms with van der Waals surface area (Å²) in [6, 6.07) is 5.20. The molecule has 5 heteroatoms. The van der Waals surface area contributed by atoms with E-state index in [1.54, 1.807) is 6.07 Å². The average molecular weight is 346 g/mol. The Kier molecular flexibility index (Phi) is 6.62. The lowest BCUT2D eigenvalue weighted by Crippen LogP contribution is -2.35. The van der Waals surface area contributed by atoms with Crippen molar-refractivity contribution in [3.63, 3.8) is 0 Å². The van der Waals surface area contributed by atoms with Gasteiger partial charge in [-0.2, -0.15) is 0 Å².